The van der Waals surface area contributed by atoms with Crippen LogP contribution in [0.1, 0.15) is 5.69 Å². The Morgan fingerprint density at radius 3 is 2.84 bits per heavy atom. The number of amides is 1. The van der Waals surface area contributed by atoms with E-state index in [1.807, 2.05) is 0 Å². The van der Waals surface area contributed by atoms with E-state index in [0.717, 1.165) is 6.26 Å². The Balaban J connectivity index is 1.90. The summed E-state index contributed by atoms with van der Waals surface area (Å²) in [7, 11) is -3.65. The predicted octanol–water partition coefficient (Wildman–Crippen LogP) is 1.62. The third kappa shape index (κ3) is 3.80. The minimum absolute atomic E-state index is 0.0402. The minimum atomic E-state index is -3.65. The van der Waals surface area contributed by atoms with Gasteiger partial charge in [0.25, 0.3) is 10.1 Å². The molecule has 1 aliphatic heterocycles. The molecule has 0 unspecified atom stereocenters. The van der Waals surface area contributed by atoms with Crippen molar-refractivity contribution in [3.63, 3.8) is 0 Å². The first kappa shape index (κ1) is 17.4. The van der Waals surface area contributed by atoms with Crippen LogP contribution in [0, 0.1) is 12.7 Å². The molecule has 1 fully saturated rings. The Labute approximate surface area is 143 Å². The number of para-hydroxylation sites is 1. The van der Waals surface area contributed by atoms with Gasteiger partial charge in [0.15, 0.2) is 0 Å². The molecule has 1 aromatic heterocycles. The number of hydrogen-bond donors (Lipinski definition) is 0. The first-order valence-corrected chi connectivity index (χ1v) is 9.18. The van der Waals surface area contributed by atoms with Crippen molar-refractivity contribution in [2.45, 2.75) is 13.0 Å². The maximum atomic E-state index is 14.4. The molecular formula is C15H16FN3O5S. The number of nitrogens with zero attached hydrogens (tertiary/aromatic N) is 3. The van der Waals surface area contributed by atoms with Crippen LogP contribution in [-0.2, 0) is 19.0 Å². The molecule has 25 heavy (non-hydrogen) atoms. The molecule has 1 aromatic carbocycles. The van der Waals surface area contributed by atoms with Gasteiger partial charge in [-0.3, -0.25) is 9.08 Å². The third-order valence-corrected chi connectivity index (χ3v) is 4.13. The van der Waals surface area contributed by atoms with E-state index in [1.54, 1.807) is 19.2 Å². The zero-order chi connectivity index (χ0) is 18.2. The van der Waals surface area contributed by atoms with Crippen LogP contribution in [0.3, 0.4) is 0 Å². The number of carbonyl (C=O) groups is 1. The summed E-state index contributed by atoms with van der Waals surface area (Å²) in [5.41, 5.74) is 1.15. The molecule has 2 aromatic rings. The first-order valence-electron chi connectivity index (χ1n) is 7.36. The van der Waals surface area contributed by atoms with Gasteiger partial charge in [-0.15, -0.1) is 0 Å². The van der Waals surface area contributed by atoms with Gasteiger partial charge in [0, 0.05) is 6.20 Å². The highest BCUT2D eigenvalue weighted by Crippen LogP contribution is 2.30. The van der Waals surface area contributed by atoms with Crippen LogP contribution < -0.4 is 4.90 Å². The molecule has 10 heteroatoms. The number of carbonyl (C=O) groups excluding carboxylic acids is 1. The van der Waals surface area contributed by atoms with Gasteiger partial charge >= 0.3 is 6.09 Å². The van der Waals surface area contributed by atoms with Crippen LogP contribution in [0.5, 0.6) is 0 Å². The monoisotopic (exact) mass is 369 g/mol. The fourth-order valence-electron chi connectivity index (χ4n) is 2.53. The molecule has 0 aliphatic carbocycles. The summed E-state index contributed by atoms with van der Waals surface area (Å²) in [6.07, 6.45) is 2.51. The summed E-state index contributed by atoms with van der Waals surface area (Å²) < 4.78 is 47.8. The maximum absolute atomic E-state index is 14.4. The quantitative estimate of drug-likeness (QED) is 0.744. The molecule has 3 rings (SSSR count). The molecule has 134 valence electrons. The summed E-state index contributed by atoms with van der Waals surface area (Å²) in [4.78, 5) is 17.5. The number of rotatable bonds is 5. The number of anilines is 1. The van der Waals surface area contributed by atoms with Crippen molar-refractivity contribution in [3.05, 3.63) is 42.2 Å². The van der Waals surface area contributed by atoms with E-state index >= 15 is 0 Å². The van der Waals surface area contributed by atoms with Crippen molar-refractivity contribution in [3.8, 4) is 5.69 Å². The summed E-state index contributed by atoms with van der Waals surface area (Å²) in [6.45, 7) is 1.51. The lowest BCUT2D eigenvalue weighted by molar-refractivity contribution is 0.107. The normalized spacial score (nSPS) is 17.8. The van der Waals surface area contributed by atoms with E-state index < -0.39 is 28.1 Å². The van der Waals surface area contributed by atoms with Gasteiger partial charge in [-0.1, -0.05) is 6.07 Å². The third-order valence-electron chi connectivity index (χ3n) is 3.57. The van der Waals surface area contributed by atoms with E-state index in [9.17, 15) is 17.6 Å². The Morgan fingerprint density at radius 2 is 2.20 bits per heavy atom. The first-order chi connectivity index (χ1) is 11.7. The number of hydrogen-bond acceptors (Lipinski definition) is 6. The van der Waals surface area contributed by atoms with Crippen LogP contribution in [0.2, 0.25) is 0 Å². The summed E-state index contributed by atoms with van der Waals surface area (Å²) in [5, 5.41) is 0. The molecule has 8 nitrogen and oxygen atoms in total. The molecular weight excluding hydrogens is 353 g/mol. The lowest BCUT2D eigenvalue weighted by Gasteiger charge is -2.18. The lowest BCUT2D eigenvalue weighted by atomic mass is 10.2. The highest BCUT2D eigenvalue weighted by molar-refractivity contribution is 7.85. The molecule has 1 aliphatic rings. The summed E-state index contributed by atoms with van der Waals surface area (Å²) in [6, 6.07) is 4.33. The Morgan fingerprint density at radius 1 is 1.44 bits per heavy atom. The second-order valence-corrected chi connectivity index (χ2v) is 7.28. The second-order valence-electron chi connectivity index (χ2n) is 5.63. The minimum Gasteiger partial charge on any atom is -0.441 e. The van der Waals surface area contributed by atoms with Crippen molar-refractivity contribution in [1.82, 2.24) is 9.55 Å². The number of aryl methyl sites for hydroxylation is 1. The van der Waals surface area contributed by atoms with E-state index in [2.05, 4.69) is 9.17 Å². The largest absolute Gasteiger partial charge is 0.441 e. The maximum Gasteiger partial charge on any atom is 0.414 e. The number of cyclic esters (lactones) is 1. The van der Waals surface area contributed by atoms with E-state index in [1.165, 1.54) is 27.9 Å². The molecule has 1 amide bonds. The predicted molar refractivity (Wildman–Crippen MR) is 86.7 cm³/mol. The van der Waals surface area contributed by atoms with E-state index in [-0.39, 0.29) is 18.8 Å². The standard InChI is InChI=1S/C15H16FN3O5S/c1-10-6-18(9-17-10)14-12(16)4-3-5-13(14)19-7-11(24-15(19)20)8-23-25(2,21)22/h3-6,9,11H,7-8H2,1-2H3/t11-/m1/s1. The highest BCUT2D eigenvalue weighted by atomic mass is 32.2. The van der Waals surface area contributed by atoms with Crippen molar-refractivity contribution < 1.29 is 26.5 Å². The summed E-state index contributed by atoms with van der Waals surface area (Å²) in [5.74, 6) is -0.529. The van der Waals surface area contributed by atoms with Crippen LogP contribution in [0.4, 0.5) is 14.9 Å². The molecule has 0 bridgehead atoms. The topological polar surface area (TPSA) is 90.7 Å². The fraction of sp³-hybridized carbons (Fsp3) is 0.333. The van der Waals surface area contributed by atoms with E-state index in [0.29, 0.717) is 11.4 Å². The number of imidazole rings is 1. The van der Waals surface area contributed by atoms with Gasteiger partial charge in [-0.25, -0.2) is 14.2 Å². The highest BCUT2D eigenvalue weighted by Gasteiger charge is 2.35. The smallest absolute Gasteiger partial charge is 0.414 e. The van der Waals surface area contributed by atoms with Crippen LogP contribution in [0.15, 0.2) is 30.7 Å². The Hall–Kier alpha value is -2.46. The van der Waals surface area contributed by atoms with Gasteiger partial charge in [0.05, 0.1) is 30.5 Å². The number of ether oxygens (including phenoxy) is 1. The zero-order valence-corrected chi connectivity index (χ0v) is 14.4. The van der Waals surface area contributed by atoms with Crippen molar-refractivity contribution in [2.24, 2.45) is 0 Å². The Bertz CT molecular complexity index is 912. The van der Waals surface area contributed by atoms with Crippen molar-refractivity contribution in [1.29, 1.82) is 0 Å². The Kier molecular flexibility index (Phi) is 4.48. The fourth-order valence-corrected chi connectivity index (χ4v) is 2.92. The van der Waals surface area contributed by atoms with Gasteiger partial charge in [0.2, 0.25) is 0 Å². The lowest BCUT2D eigenvalue weighted by Crippen LogP contribution is -2.27. The summed E-state index contributed by atoms with van der Waals surface area (Å²) >= 11 is 0. The van der Waals surface area contributed by atoms with Gasteiger partial charge in [-0.2, -0.15) is 8.42 Å². The molecule has 0 N–H and O–H groups in total. The molecule has 0 spiro atoms. The van der Waals surface area contributed by atoms with Crippen LogP contribution in [0.25, 0.3) is 5.69 Å². The average Bonchev–Trinajstić information content (AvgIpc) is 3.10. The second kappa shape index (κ2) is 6.45. The molecule has 2 heterocycles. The molecule has 0 saturated carbocycles. The average molecular weight is 369 g/mol. The van der Waals surface area contributed by atoms with Gasteiger partial charge in [0.1, 0.15) is 24.2 Å². The van der Waals surface area contributed by atoms with Gasteiger partial charge in [-0.05, 0) is 19.1 Å². The van der Waals surface area contributed by atoms with Crippen molar-refractivity contribution in [2.75, 3.05) is 24.3 Å². The number of halogens is 1. The zero-order valence-electron chi connectivity index (χ0n) is 13.5. The molecule has 0 radical (unpaired) electrons. The van der Waals surface area contributed by atoms with Crippen LogP contribution in [-0.4, -0.2) is 49.6 Å². The SMILES string of the molecule is Cc1cn(-c2c(F)cccc2N2C[C@H](COS(C)(=O)=O)OC2=O)cn1. The van der Waals surface area contributed by atoms with Crippen molar-refractivity contribution >= 4 is 21.9 Å². The molecule has 1 saturated heterocycles. The van der Waals surface area contributed by atoms with Gasteiger partial charge < -0.3 is 9.30 Å². The van der Waals surface area contributed by atoms with Crippen LogP contribution >= 0.6 is 0 Å². The molecule has 1 atom stereocenters. The number of benzene rings is 1. The van der Waals surface area contributed by atoms with E-state index in [4.69, 9.17) is 4.74 Å². The number of aromatic nitrogens is 2.